The highest BCUT2D eigenvalue weighted by molar-refractivity contribution is 5.90. The summed E-state index contributed by atoms with van der Waals surface area (Å²) in [5, 5.41) is 12.4. The van der Waals surface area contributed by atoms with Gasteiger partial charge in [0.05, 0.1) is 12.1 Å². The van der Waals surface area contributed by atoms with Gasteiger partial charge in [0, 0.05) is 18.4 Å². The van der Waals surface area contributed by atoms with Crippen LogP contribution in [0.3, 0.4) is 0 Å². The van der Waals surface area contributed by atoms with E-state index in [-0.39, 0.29) is 18.0 Å². The van der Waals surface area contributed by atoms with Gasteiger partial charge >= 0.3 is 5.97 Å². The Kier molecular flexibility index (Phi) is 12.1. The molecule has 0 aromatic heterocycles. The summed E-state index contributed by atoms with van der Waals surface area (Å²) in [5.74, 6) is -0.483. The number of rotatable bonds is 9. The van der Waals surface area contributed by atoms with Crippen LogP contribution in [0.4, 0.5) is 5.69 Å². The second kappa shape index (κ2) is 14.3. The first-order valence-electron chi connectivity index (χ1n) is 11.7. The van der Waals surface area contributed by atoms with Crippen LogP contribution in [-0.4, -0.2) is 30.6 Å². The molecule has 1 fully saturated rings. The molecule has 32 heavy (non-hydrogen) atoms. The number of nitrogens with zero attached hydrogens (tertiary/aromatic N) is 1. The number of hydrogen-bond acceptors (Lipinski definition) is 3. The summed E-state index contributed by atoms with van der Waals surface area (Å²) in [5.41, 5.74) is 3.83. The summed E-state index contributed by atoms with van der Waals surface area (Å²) in [4.78, 5) is 26.0. The van der Waals surface area contributed by atoms with Crippen LogP contribution in [0.15, 0.2) is 54.3 Å². The Morgan fingerprint density at radius 3 is 2.44 bits per heavy atom. The number of amides is 1. The molecule has 0 atom stereocenters. The normalized spacial score (nSPS) is 14.8. The molecule has 5 heteroatoms. The molecular formula is C27H40N2O3. The zero-order valence-corrected chi connectivity index (χ0v) is 20.4. The van der Waals surface area contributed by atoms with Gasteiger partial charge in [-0.1, -0.05) is 76.8 Å². The molecule has 1 aromatic rings. The molecule has 176 valence electrons. The Morgan fingerprint density at radius 1 is 1.22 bits per heavy atom. The SMILES string of the molecule is C=C/C=C(C)\C(=C/C)NC(=O)CN(C)c1cc(C(=O)O)ccc1CC1CCCCC1.CC. The minimum atomic E-state index is -0.959. The number of benzene rings is 1. The third-order valence-electron chi connectivity index (χ3n) is 5.71. The second-order valence-corrected chi connectivity index (χ2v) is 8.05. The van der Waals surface area contributed by atoms with E-state index in [2.05, 4.69) is 11.9 Å². The van der Waals surface area contributed by atoms with Crippen LogP contribution in [0.1, 0.15) is 75.7 Å². The number of anilines is 1. The van der Waals surface area contributed by atoms with Crippen molar-refractivity contribution in [2.75, 3.05) is 18.5 Å². The molecule has 5 nitrogen and oxygen atoms in total. The van der Waals surface area contributed by atoms with Gasteiger partial charge in [0.25, 0.3) is 0 Å². The topological polar surface area (TPSA) is 69.6 Å². The molecule has 2 N–H and O–H groups in total. The molecule has 0 aliphatic heterocycles. The van der Waals surface area contributed by atoms with Crippen molar-refractivity contribution in [1.29, 1.82) is 0 Å². The number of carbonyl (C=O) groups excluding carboxylic acids is 1. The summed E-state index contributed by atoms with van der Waals surface area (Å²) < 4.78 is 0. The van der Waals surface area contributed by atoms with Gasteiger partial charge in [0.1, 0.15) is 0 Å². The van der Waals surface area contributed by atoms with E-state index in [1.807, 2.05) is 57.9 Å². The highest BCUT2D eigenvalue weighted by atomic mass is 16.4. The second-order valence-electron chi connectivity index (χ2n) is 8.05. The first kappa shape index (κ1) is 27.2. The van der Waals surface area contributed by atoms with Gasteiger partial charge in [-0.05, 0) is 49.5 Å². The maximum atomic E-state index is 12.7. The summed E-state index contributed by atoms with van der Waals surface area (Å²) in [6.45, 7) is 11.6. The Hall–Kier alpha value is -2.82. The Labute approximate surface area is 193 Å². The number of carboxylic acid groups (broad SMARTS) is 1. The summed E-state index contributed by atoms with van der Waals surface area (Å²) >= 11 is 0. The number of aromatic carboxylic acids is 1. The van der Waals surface area contributed by atoms with Gasteiger partial charge in [0.15, 0.2) is 0 Å². The number of likely N-dealkylation sites (N-methyl/N-ethyl adjacent to an activating group) is 1. The van der Waals surface area contributed by atoms with E-state index in [9.17, 15) is 14.7 Å². The molecule has 0 unspecified atom stereocenters. The minimum Gasteiger partial charge on any atom is -0.478 e. The molecule has 1 aromatic carbocycles. The van der Waals surface area contributed by atoms with E-state index in [4.69, 9.17) is 0 Å². The predicted molar refractivity (Wildman–Crippen MR) is 134 cm³/mol. The van der Waals surface area contributed by atoms with Crippen molar-refractivity contribution in [3.8, 4) is 0 Å². The smallest absolute Gasteiger partial charge is 0.335 e. The Balaban J connectivity index is 0.00000249. The van der Waals surface area contributed by atoms with Gasteiger partial charge in [0.2, 0.25) is 5.91 Å². The summed E-state index contributed by atoms with van der Waals surface area (Å²) in [6, 6.07) is 5.27. The number of nitrogens with one attached hydrogen (secondary N) is 1. The van der Waals surface area contributed by atoms with Crippen LogP contribution in [0, 0.1) is 5.92 Å². The van der Waals surface area contributed by atoms with Crippen molar-refractivity contribution >= 4 is 17.6 Å². The van der Waals surface area contributed by atoms with Crippen LogP contribution < -0.4 is 10.2 Å². The van der Waals surface area contributed by atoms with Crippen LogP contribution in [0.5, 0.6) is 0 Å². The Bertz CT molecular complexity index is 833. The van der Waals surface area contributed by atoms with Crippen LogP contribution in [0.25, 0.3) is 0 Å². The average molecular weight is 441 g/mol. The fourth-order valence-corrected chi connectivity index (χ4v) is 4.08. The van der Waals surface area contributed by atoms with E-state index >= 15 is 0 Å². The van der Waals surface area contributed by atoms with E-state index in [0.717, 1.165) is 28.9 Å². The van der Waals surface area contributed by atoms with Crippen molar-refractivity contribution in [1.82, 2.24) is 5.32 Å². The third-order valence-corrected chi connectivity index (χ3v) is 5.71. The standard InChI is InChI=1S/C25H34N2O3.C2H6/c1-5-10-18(3)22(6-2)26-24(28)17-27(4)23-16-21(25(29)30)14-13-20(23)15-19-11-8-7-9-12-19;1-2/h5-6,10,13-14,16,19H,1,7-9,11-12,15,17H2,2-4H3,(H,26,28)(H,29,30);1-2H3/b18-10-,22-6+;. The Morgan fingerprint density at radius 2 is 1.88 bits per heavy atom. The molecule has 0 radical (unpaired) electrons. The lowest BCUT2D eigenvalue weighted by molar-refractivity contribution is -0.119. The van der Waals surface area contributed by atoms with E-state index in [1.165, 1.54) is 32.1 Å². The summed E-state index contributed by atoms with van der Waals surface area (Å²) in [6.07, 6.45) is 12.5. The highest BCUT2D eigenvalue weighted by Gasteiger charge is 2.19. The number of hydrogen-bond donors (Lipinski definition) is 2. The van der Waals surface area contributed by atoms with E-state index < -0.39 is 5.97 Å². The van der Waals surface area contributed by atoms with Gasteiger partial charge < -0.3 is 15.3 Å². The molecule has 2 rings (SSSR count). The van der Waals surface area contributed by atoms with Gasteiger partial charge in [-0.2, -0.15) is 0 Å². The monoisotopic (exact) mass is 440 g/mol. The van der Waals surface area contributed by atoms with Gasteiger partial charge in [-0.25, -0.2) is 4.79 Å². The number of carbonyl (C=O) groups is 2. The fourth-order valence-electron chi connectivity index (χ4n) is 4.08. The van der Waals surface area contributed by atoms with Crippen molar-refractivity contribution < 1.29 is 14.7 Å². The van der Waals surface area contributed by atoms with Crippen molar-refractivity contribution in [3.05, 3.63) is 65.4 Å². The van der Waals surface area contributed by atoms with Crippen LogP contribution in [-0.2, 0) is 11.2 Å². The van der Waals surface area contributed by atoms with Crippen molar-refractivity contribution in [2.24, 2.45) is 5.92 Å². The zero-order valence-electron chi connectivity index (χ0n) is 20.4. The first-order chi connectivity index (χ1) is 15.3. The molecule has 0 saturated heterocycles. The predicted octanol–water partition coefficient (Wildman–Crippen LogP) is 6.12. The molecule has 1 aliphatic carbocycles. The fraction of sp³-hybridized carbons (Fsp3) is 0.481. The lowest BCUT2D eigenvalue weighted by Crippen LogP contribution is -2.35. The number of allylic oxidation sites excluding steroid dienone is 4. The zero-order chi connectivity index (χ0) is 24.1. The third kappa shape index (κ3) is 8.37. The molecule has 1 amide bonds. The molecular weight excluding hydrogens is 400 g/mol. The lowest BCUT2D eigenvalue weighted by atomic mass is 9.84. The van der Waals surface area contributed by atoms with Crippen molar-refractivity contribution in [3.63, 3.8) is 0 Å². The largest absolute Gasteiger partial charge is 0.478 e. The van der Waals surface area contributed by atoms with Gasteiger partial charge in [-0.3, -0.25) is 4.79 Å². The maximum absolute atomic E-state index is 12.7. The van der Waals surface area contributed by atoms with Crippen LogP contribution in [0.2, 0.25) is 0 Å². The van der Waals surface area contributed by atoms with Crippen molar-refractivity contribution in [2.45, 2.75) is 66.2 Å². The maximum Gasteiger partial charge on any atom is 0.335 e. The number of carboxylic acids is 1. The molecule has 0 bridgehead atoms. The molecule has 0 heterocycles. The first-order valence-corrected chi connectivity index (χ1v) is 11.7. The molecule has 1 saturated carbocycles. The quantitative estimate of drug-likeness (QED) is 0.454. The molecule has 0 spiro atoms. The highest BCUT2D eigenvalue weighted by Crippen LogP contribution is 2.31. The van der Waals surface area contributed by atoms with Crippen LogP contribution >= 0.6 is 0 Å². The summed E-state index contributed by atoms with van der Waals surface area (Å²) in [7, 11) is 1.84. The minimum absolute atomic E-state index is 0.138. The lowest BCUT2D eigenvalue weighted by Gasteiger charge is -2.26. The van der Waals surface area contributed by atoms with Gasteiger partial charge in [-0.15, -0.1) is 0 Å². The molecule has 1 aliphatic rings. The average Bonchev–Trinajstić information content (AvgIpc) is 2.79. The van der Waals surface area contributed by atoms with E-state index in [1.54, 1.807) is 18.2 Å². The van der Waals surface area contributed by atoms with E-state index in [0.29, 0.717) is 5.92 Å².